The van der Waals surface area contributed by atoms with Gasteiger partial charge in [-0.3, -0.25) is 0 Å². The topological polar surface area (TPSA) is 93.0 Å². The molecule has 5 N–H and O–H groups in total. The molecule has 0 spiro atoms. The number of benzene rings is 1. The van der Waals surface area contributed by atoms with Gasteiger partial charge in [0.2, 0.25) is 0 Å². The number of aliphatic hydroxyl groups is 2. The van der Waals surface area contributed by atoms with E-state index in [-0.39, 0.29) is 36.7 Å². The largest absolute Gasteiger partial charge is 0.508 e. The molecular formula is C16H27NO4. The number of aliphatic hydroxyl groups excluding tert-OH is 2. The fraction of sp³-hybridized carbons (Fsp3) is 0.625. The molecule has 0 aliphatic carbocycles. The molecule has 1 aromatic carbocycles. The molecule has 0 aromatic heterocycles. The van der Waals surface area contributed by atoms with Crippen LogP contribution in [-0.2, 0) is 6.42 Å². The zero-order valence-corrected chi connectivity index (χ0v) is 12.8. The lowest BCUT2D eigenvalue weighted by Crippen LogP contribution is -2.38. The predicted molar refractivity (Wildman–Crippen MR) is 82.4 cm³/mol. The van der Waals surface area contributed by atoms with Crippen LogP contribution >= 0.6 is 0 Å². The third-order valence-corrected chi connectivity index (χ3v) is 3.80. The highest BCUT2D eigenvalue weighted by molar-refractivity contribution is 5.39. The van der Waals surface area contributed by atoms with Gasteiger partial charge in [-0.25, -0.2) is 0 Å². The molecule has 5 nitrogen and oxygen atoms in total. The van der Waals surface area contributed by atoms with Crippen LogP contribution in [0.3, 0.4) is 0 Å². The summed E-state index contributed by atoms with van der Waals surface area (Å²) in [6, 6.07) is 4.57. The van der Waals surface area contributed by atoms with Crippen LogP contribution in [0.2, 0.25) is 0 Å². The van der Waals surface area contributed by atoms with Crippen molar-refractivity contribution < 1.29 is 20.4 Å². The molecule has 21 heavy (non-hydrogen) atoms. The number of aromatic hydroxyl groups is 2. The number of hydrogen-bond donors (Lipinski definition) is 5. The minimum Gasteiger partial charge on any atom is -0.508 e. The number of hydrogen-bond acceptors (Lipinski definition) is 5. The van der Waals surface area contributed by atoms with E-state index in [1.807, 2.05) is 13.8 Å². The first-order valence-electron chi connectivity index (χ1n) is 7.43. The Hall–Kier alpha value is -1.30. The normalized spacial score (nSPS) is 14.3. The highest BCUT2D eigenvalue weighted by Crippen LogP contribution is 2.25. The van der Waals surface area contributed by atoms with Crippen molar-refractivity contribution in [3.63, 3.8) is 0 Å². The van der Waals surface area contributed by atoms with Gasteiger partial charge in [0.25, 0.3) is 0 Å². The Morgan fingerprint density at radius 3 is 2.33 bits per heavy atom. The highest BCUT2D eigenvalue weighted by Gasteiger charge is 2.14. The molecule has 0 amide bonds. The quantitative estimate of drug-likeness (QED) is 0.473. The second-order valence-corrected chi connectivity index (χ2v) is 5.84. The van der Waals surface area contributed by atoms with E-state index in [1.165, 1.54) is 12.1 Å². The summed E-state index contributed by atoms with van der Waals surface area (Å²) in [5, 5.41) is 41.0. The summed E-state index contributed by atoms with van der Waals surface area (Å²) in [6.45, 7) is 4.93. The van der Waals surface area contributed by atoms with E-state index in [4.69, 9.17) is 0 Å². The third-order valence-electron chi connectivity index (χ3n) is 3.80. The van der Waals surface area contributed by atoms with Gasteiger partial charge in [0.1, 0.15) is 11.5 Å². The molecule has 0 radical (unpaired) electrons. The van der Waals surface area contributed by atoms with E-state index >= 15 is 0 Å². The van der Waals surface area contributed by atoms with Gasteiger partial charge in [-0.1, -0.05) is 19.9 Å². The summed E-state index contributed by atoms with van der Waals surface area (Å²) in [5.41, 5.74) is 0.717. The summed E-state index contributed by atoms with van der Waals surface area (Å²) in [4.78, 5) is 0. The van der Waals surface area contributed by atoms with Crippen LogP contribution in [0.5, 0.6) is 11.5 Å². The molecule has 1 rings (SSSR count). The van der Waals surface area contributed by atoms with Crippen molar-refractivity contribution in [3.05, 3.63) is 23.8 Å². The fourth-order valence-electron chi connectivity index (χ4n) is 2.28. The summed E-state index contributed by atoms with van der Waals surface area (Å²) in [5.74, 6) is 0.459. The maximum atomic E-state index is 9.77. The fourth-order valence-corrected chi connectivity index (χ4v) is 2.28. The van der Waals surface area contributed by atoms with Crippen LogP contribution in [0.4, 0.5) is 0 Å². The molecule has 0 saturated heterocycles. The van der Waals surface area contributed by atoms with Crippen LogP contribution in [-0.4, -0.2) is 46.2 Å². The van der Waals surface area contributed by atoms with E-state index in [2.05, 4.69) is 5.32 Å². The Labute approximate surface area is 126 Å². The van der Waals surface area contributed by atoms with E-state index < -0.39 is 0 Å². The van der Waals surface area contributed by atoms with Gasteiger partial charge < -0.3 is 25.7 Å². The Morgan fingerprint density at radius 1 is 1.10 bits per heavy atom. The second-order valence-electron chi connectivity index (χ2n) is 5.84. The van der Waals surface area contributed by atoms with E-state index in [1.54, 1.807) is 6.07 Å². The van der Waals surface area contributed by atoms with Gasteiger partial charge in [0, 0.05) is 18.7 Å². The average molecular weight is 297 g/mol. The number of nitrogens with one attached hydrogen (secondary N) is 1. The molecule has 0 fully saturated rings. The Balaban J connectivity index is 2.48. The second kappa shape index (κ2) is 8.87. The Bertz CT molecular complexity index is 423. The SMILES string of the molecule is CC(C)C(CO)NCCC(CO)Cc1ccc(O)cc1O. The van der Waals surface area contributed by atoms with Crippen LogP contribution in [0.15, 0.2) is 18.2 Å². The molecule has 0 aliphatic heterocycles. The van der Waals surface area contributed by atoms with Gasteiger partial charge in [-0.05, 0) is 42.9 Å². The third kappa shape index (κ3) is 5.91. The molecule has 0 heterocycles. The van der Waals surface area contributed by atoms with Crippen molar-refractivity contribution in [2.45, 2.75) is 32.7 Å². The van der Waals surface area contributed by atoms with Crippen molar-refractivity contribution >= 4 is 0 Å². The van der Waals surface area contributed by atoms with Crippen molar-refractivity contribution in [1.82, 2.24) is 5.32 Å². The van der Waals surface area contributed by atoms with Crippen LogP contribution in [0.1, 0.15) is 25.8 Å². The molecule has 2 unspecified atom stereocenters. The first-order valence-corrected chi connectivity index (χ1v) is 7.43. The zero-order valence-electron chi connectivity index (χ0n) is 12.8. The van der Waals surface area contributed by atoms with Crippen molar-refractivity contribution in [2.24, 2.45) is 11.8 Å². The van der Waals surface area contributed by atoms with Gasteiger partial charge in [-0.2, -0.15) is 0 Å². The zero-order chi connectivity index (χ0) is 15.8. The molecule has 5 heteroatoms. The molecule has 120 valence electrons. The summed E-state index contributed by atoms with van der Waals surface area (Å²) in [6.07, 6.45) is 1.30. The van der Waals surface area contributed by atoms with E-state index in [9.17, 15) is 20.4 Å². The molecule has 2 atom stereocenters. The lowest BCUT2D eigenvalue weighted by Gasteiger charge is -2.22. The molecule has 0 aliphatic rings. The highest BCUT2D eigenvalue weighted by atomic mass is 16.3. The molecule has 0 bridgehead atoms. The first kappa shape index (κ1) is 17.8. The minimum atomic E-state index is 0.0273. The lowest BCUT2D eigenvalue weighted by molar-refractivity contribution is 0.194. The lowest BCUT2D eigenvalue weighted by atomic mass is 9.95. The Morgan fingerprint density at radius 2 is 1.81 bits per heavy atom. The average Bonchev–Trinajstić information content (AvgIpc) is 2.44. The summed E-state index contributed by atoms with van der Waals surface area (Å²) >= 11 is 0. The summed E-state index contributed by atoms with van der Waals surface area (Å²) < 4.78 is 0. The summed E-state index contributed by atoms with van der Waals surface area (Å²) in [7, 11) is 0. The molecule has 0 saturated carbocycles. The maximum Gasteiger partial charge on any atom is 0.122 e. The van der Waals surface area contributed by atoms with Gasteiger partial charge in [0.05, 0.1) is 6.61 Å². The van der Waals surface area contributed by atoms with Gasteiger partial charge >= 0.3 is 0 Å². The predicted octanol–water partition coefficient (Wildman–Crippen LogP) is 1.25. The minimum absolute atomic E-state index is 0.0273. The standard InChI is InChI=1S/C16H27NO4/c1-11(2)15(10-19)17-6-5-12(9-18)7-13-3-4-14(20)8-16(13)21/h3-4,8,11-12,15,17-21H,5-7,9-10H2,1-2H3. The van der Waals surface area contributed by atoms with E-state index in [0.717, 1.165) is 12.0 Å². The van der Waals surface area contributed by atoms with Gasteiger partial charge in [0.15, 0.2) is 0 Å². The maximum absolute atomic E-state index is 9.77. The number of rotatable bonds is 9. The molecular weight excluding hydrogens is 270 g/mol. The van der Waals surface area contributed by atoms with Crippen LogP contribution in [0, 0.1) is 11.8 Å². The molecule has 1 aromatic rings. The van der Waals surface area contributed by atoms with Crippen LogP contribution < -0.4 is 5.32 Å². The van der Waals surface area contributed by atoms with Crippen LogP contribution in [0.25, 0.3) is 0 Å². The van der Waals surface area contributed by atoms with E-state index in [0.29, 0.717) is 18.9 Å². The number of phenolic OH excluding ortho intramolecular Hbond substituents is 2. The number of phenols is 2. The monoisotopic (exact) mass is 297 g/mol. The Kier molecular flexibility index (Phi) is 7.50. The smallest absolute Gasteiger partial charge is 0.122 e. The van der Waals surface area contributed by atoms with Crippen molar-refractivity contribution in [1.29, 1.82) is 0 Å². The van der Waals surface area contributed by atoms with Gasteiger partial charge in [-0.15, -0.1) is 0 Å². The first-order chi connectivity index (χ1) is 9.97. The van der Waals surface area contributed by atoms with Crippen molar-refractivity contribution in [3.8, 4) is 11.5 Å². The van der Waals surface area contributed by atoms with Crippen molar-refractivity contribution in [2.75, 3.05) is 19.8 Å².